The van der Waals surface area contributed by atoms with Gasteiger partial charge in [-0.05, 0) is 13.8 Å². The van der Waals surface area contributed by atoms with E-state index in [0.29, 0.717) is 0 Å². The molecule has 0 unspecified atom stereocenters. The molecule has 42 heteroatoms. The zero-order valence-corrected chi connectivity index (χ0v) is 48.1. The third-order valence-electron chi connectivity index (χ3n) is 15.1. The monoisotopic (exact) mass is 1320 g/mol. The molecular weight excluding hydrogens is 1240 g/mol. The lowest BCUT2D eigenvalue weighted by atomic mass is 9.91. The number of hydrogen-bond donors (Lipinski definition) is 20. The molecule has 508 valence electrons. The summed E-state index contributed by atoms with van der Waals surface area (Å²) in [6, 6.07) is -3.70. The van der Waals surface area contributed by atoms with Crippen molar-refractivity contribution in [3.8, 4) is 0 Å². The largest absolute Gasteiger partial charge is 0.397 e. The fourth-order valence-corrected chi connectivity index (χ4v) is 11.3. The highest BCUT2D eigenvalue weighted by molar-refractivity contribution is 7.81. The molecule has 87 heavy (non-hydrogen) atoms. The lowest BCUT2D eigenvalue weighted by molar-refractivity contribution is -0.376. The van der Waals surface area contributed by atoms with Crippen LogP contribution in [0.25, 0.3) is 0 Å². The molecule has 0 aromatic heterocycles. The standard InChI is InChI=1S/C45H78N2O38S2/c1-13-23(56)27(60)29(62)41(74-13)82-35-21(46-15(3)54)39(78-19(7-50)33(35)80-43-31(64)37(84-86(66,67)68)25(58)17(5-48)76-43)72-11-45(9-52,10-53)12-73-40-22(47-16(4)55)36(83-42-30(63)28(61)24(57)14(2)75-42)34(20(8-51)79-40)81-44-32(65)38(85-87(69,70)71)26(59)18(6-49)77-44/h13-14,17-44,48-53,56-65H,5-12H2,1-4H3,(H,46,54)(H,47,55)(H,66,67,68)(H,69,70,71)/t13-,14-,17+,18+,19+,20+,21+,22+,23+,24+,25-,26-,27+,28+,29-,30-,31+,32+,33+,34+,35+,36+,37-,38-,39+,40+,41-,42-,43-,44-/m0/s1. The Hall–Kier alpha value is -2.44. The van der Waals surface area contributed by atoms with E-state index in [1.165, 1.54) is 13.8 Å². The first-order chi connectivity index (χ1) is 40.7. The van der Waals surface area contributed by atoms with Crippen LogP contribution in [0.15, 0.2) is 0 Å². The molecule has 40 nitrogen and oxygen atoms in total. The van der Waals surface area contributed by atoms with Crippen LogP contribution in [0.4, 0.5) is 0 Å². The third kappa shape index (κ3) is 17.6. The molecule has 0 aromatic rings. The van der Waals surface area contributed by atoms with Crippen LogP contribution in [0, 0.1) is 5.41 Å². The highest BCUT2D eigenvalue weighted by Gasteiger charge is 2.59. The number of aliphatic hydroxyl groups excluding tert-OH is 16. The number of ether oxygens (including phenoxy) is 12. The van der Waals surface area contributed by atoms with Gasteiger partial charge in [-0.2, -0.15) is 16.8 Å². The van der Waals surface area contributed by atoms with Crippen LogP contribution in [-0.2, 0) is 95.6 Å². The fourth-order valence-electron chi connectivity index (χ4n) is 10.3. The summed E-state index contributed by atoms with van der Waals surface area (Å²) < 4.78 is 146. The van der Waals surface area contributed by atoms with E-state index in [1.807, 2.05) is 0 Å². The second-order valence-electron chi connectivity index (χ2n) is 21.5. The maximum Gasteiger partial charge on any atom is 0.397 e. The van der Waals surface area contributed by atoms with Crippen molar-refractivity contribution in [3.05, 3.63) is 0 Å². The topological polar surface area (TPSA) is 620 Å². The van der Waals surface area contributed by atoms with Gasteiger partial charge in [0.2, 0.25) is 11.8 Å². The first-order valence-electron chi connectivity index (χ1n) is 26.8. The minimum Gasteiger partial charge on any atom is -0.396 e. The Morgan fingerprint density at radius 1 is 0.402 bits per heavy atom. The van der Waals surface area contributed by atoms with E-state index in [2.05, 4.69) is 19.0 Å². The Morgan fingerprint density at radius 2 is 0.701 bits per heavy atom. The highest BCUT2D eigenvalue weighted by Crippen LogP contribution is 2.38. The lowest BCUT2D eigenvalue weighted by Crippen LogP contribution is -2.70. The molecule has 6 heterocycles. The van der Waals surface area contributed by atoms with Gasteiger partial charge in [-0.15, -0.1) is 0 Å². The normalized spacial score (nSPS) is 44.3. The van der Waals surface area contributed by atoms with Gasteiger partial charge in [0.25, 0.3) is 0 Å². The number of carbonyl (C=O) groups excluding carboxylic acids is 2. The van der Waals surface area contributed by atoms with Crippen LogP contribution < -0.4 is 10.6 Å². The molecule has 0 spiro atoms. The second kappa shape index (κ2) is 31.0. The summed E-state index contributed by atoms with van der Waals surface area (Å²) in [5.74, 6) is -1.86. The zero-order chi connectivity index (χ0) is 64.9. The number of rotatable bonds is 26. The molecule has 2 amide bonds. The summed E-state index contributed by atoms with van der Waals surface area (Å²) in [6.45, 7) is -4.32. The fraction of sp³-hybridized carbons (Fsp3) is 0.956. The quantitative estimate of drug-likeness (QED) is 0.0358. The van der Waals surface area contributed by atoms with Crippen molar-refractivity contribution in [3.63, 3.8) is 0 Å². The summed E-state index contributed by atoms with van der Waals surface area (Å²) in [6.07, 6.45) is -56.0. The molecular formula is C45H78N2O38S2. The lowest BCUT2D eigenvalue weighted by Gasteiger charge is -2.51. The van der Waals surface area contributed by atoms with Gasteiger partial charge in [-0.25, -0.2) is 8.37 Å². The molecule has 30 atom stereocenters. The maximum atomic E-state index is 13.1. The molecule has 6 aliphatic heterocycles. The van der Waals surface area contributed by atoms with Gasteiger partial charge in [0.15, 0.2) is 37.7 Å². The summed E-state index contributed by atoms with van der Waals surface area (Å²) >= 11 is 0. The summed E-state index contributed by atoms with van der Waals surface area (Å²) in [7, 11) is -10.9. The van der Waals surface area contributed by atoms with Crippen LogP contribution in [0.5, 0.6) is 0 Å². The van der Waals surface area contributed by atoms with E-state index in [9.17, 15) is 117 Å². The number of amides is 2. The van der Waals surface area contributed by atoms with Crippen molar-refractivity contribution in [1.82, 2.24) is 10.6 Å². The van der Waals surface area contributed by atoms with Crippen molar-refractivity contribution in [2.75, 3.05) is 52.9 Å². The van der Waals surface area contributed by atoms with E-state index in [0.717, 1.165) is 13.8 Å². The van der Waals surface area contributed by atoms with Gasteiger partial charge in [0.05, 0.1) is 70.5 Å². The van der Waals surface area contributed by atoms with Crippen LogP contribution in [0.2, 0.25) is 0 Å². The summed E-state index contributed by atoms with van der Waals surface area (Å²) in [5.41, 5.74) is -2.13. The Balaban J connectivity index is 1.34. The minimum atomic E-state index is -5.47. The van der Waals surface area contributed by atoms with Gasteiger partial charge in [-0.3, -0.25) is 18.7 Å². The molecule has 6 fully saturated rings. The third-order valence-corrected chi connectivity index (χ3v) is 16.0. The van der Waals surface area contributed by atoms with Crippen LogP contribution in [0.3, 0.4) is 0 Å². The molecule has 6 rings (SSSR count). The SMILES string of the molecule is CC(=O)N[C@H]1[C@H](OCC(CO)(CO)CO[C@@H]2O[C@H](CO)[C@@H](O[C@@H]3O[C@H](CO)[C@H](O)[C@H](OS(=O)(=O)O)[C@H]3O)[C@H](O[C@@H]3O[C@@H](C)[C@@H](O)[C@@H](O)[C@@H]3O)[C@H]2NC(C)=O)O[C@H](CO)[C@@H](O[C@@H]2O[C@H](CO)[C@H](O)[C@H](OS(=O)(=O)O)[C@H]2O)[C@@H]1O[C@@H]1O[C@@H](C)[C@@H](O)[C@@H](O)[C@@H]1O. The Labute approximate surface area is 494 Å². The molecule has 6 saturated heterocycles. The van der Waals surface area contributed by atoms with E-state index >= 15 is 0 Å². The van der Waals surface area contributed by atoms with Gasteiger partial charge in [-0.1, -0.05) is 0 Å². The average molecular weight is 1320 g/mol. The number of nitrogens with one attached hydrogen (secondary N) is 2. The van der Waals surface area contributed by atoms with E-state index in [4.69, 9.17) is 56.8 Å². The second-order valence-corrected chi connectivity index (χ2v) is 23.6. The predicted octanol–water partition coefficient (Wildman–Crippen LogP) is -13.1. The highest BCUT2D eigenvalue weighted by atomic mass is 32.3. The average Bonchev–Trinajstić information content (AvgIpc) is 1.40. The molecule has 6 aliphatic rings. The van der Waals surface area contributed by atoms with E-state index in [-0.39, 0.29) is 0 Å². The van der Waals surface area contributed by atoms with E-state index in [1.54, 1.807) is 0 Å². The molecule has 0 aliphatic carbocycles. The van der Waals surface area contributed by atoms with Crippen molar-refractivity contribution in [2.24, 2.45) is 5.41 Å². The van der Waals surface area contributed by atoms with Crippen LogP contribution in [-0.4, -0.2) is 356 Å². The Morgan fingerprint density at radius 3 is 0.989 bits per heavy atom. The van der Waals surface area contributed by atoms with Gasteiger partial charge >= 0.3 is 20.8 Å². The Bertz CT molecular complexity index is 2260. The van der Waals surface area contributed by atoms with Gasteiger partial charge < -0.3 is 149 Å². The van der Waals surface area contributed by atoms with Crippen molar-refractivity contribution in [2.45, 2.75) is 212 Å². The van der Waals surface area contributed by atoms with Crippen molar-refractivity contribution < 1.29 is 182 Å². The van der Waals surface area contributed by atoms with Gasteiger partial charge in [0, 0.05) is 13.8 Å². The van der Waals surface area contributed by atoms with Crippen LogP contribution in [0.1, 0.15) is 27.7 Å². The molecule has 20 N–H and O–H groups in total. The van der Waals surface area contributed by atoms with Crippen LogP contribution >= 0.6 is 0 Å². The number of carbonyl (C=O) groups is 2. The summed E-state index contributed by atoms with van der Waals surface area (Å²) in [5, 5.41) is 177. The molecule has 0 radical (unpaired) electrons. The van der Waals surface area contributed by atoms with E-state index < -0.39 is 275 Å². The minimum absolute atomic E-state index is 0.928. The zero-order valence-electron chi connectivity index (χ0n) is 46.5. The Kier molecular flexibility index (Phi) is 26.2. The first-order valence-corrected chi connectivity index (χ1v) is 29.5. The van der Waals surface area contributed by atoms with Crippen molar-refractivity contribution >= 4 is 32.6 Å². The molecule has 0 aromatic carbocycles. The maximum absolute atomic E-state index is 13.1. The van der Waals surface area contributed by atoms with Gasteiger partial charge in [0.1, 0.15) is 134 Å². The number of hydrogen-bond acceptors (Lipinski definition) is 36. The first kappa shape index (κ1) is 73.6. The summed E-state index contributed by atoms with van der Waals surface area (Å²) in [4.78, 5) is 26.2. The predicted molar refractivity (Wildman–Crippen MR) is 268 cm³/mol. The smallest absolute Gasteiger partial charge is 0.396 e. The molecule has 0 bridgehead atoms. The molecule has 0 saturated carbocycles. The number of aliphatic hydroxyl groups is 16. The van der Waals surface area contributed by atoms with Crippen molar-refractivity contribution in [1.29, 1.82) is 0 Å².